The third-order valence-electron chi connectivity index (χ3n) is 3.78. The molecule has 2 rings (SSSR count). The number of halogens is 3. The van der Waals surface area contributed by atoms with Crippen LogP contribution < -0.4 is 10.5 Å². The number of nitrogens with two attached hydrogens (primary N) is 1. The van der Waals surface area contributed by atoms with E-state index in [2.05, 4.69) is 11.7 Å². The Morgan fingerprint density at radius 2 is 1.89 bits per heavy atom. The molecule has 3 unspecified atom stereocenters. The molecule has 0 aliphatic heterocycles. The third kappa shape index (κ3) is 3.41. The summed E-state index contributed by atoms with van der Waals surface area (Å²) in [7, 11) is 0. The Bertz CT molecular complexity index is 416. The molecule has 1 aliphatic rings. The fourth-order valence-corrected chi connectivity index (χ4v) is 2.69. The second kappa shape index (κ2) is 5.41. The van der Waals surface area contributed by atoms with E-state index in [4.69, 9.17) is 5.73 Å². The topological polar surface area (TPSA) is 35.2 Å². The van der Waals surface area contributed by atoms with Crippen LogP contribution in [0.5, 0.6) is 5.75 Å². The highest BCUT2D eigenvalue weighted by atomic mass is 19.4. The van der Waals surface area contributed by atoms with Gasteiger partial charge < -0.3 is 10.5 Å². The summed E-state index contributed by atoms with van der Waals surface area (Å²) in [5.74, 6) is 1.15. The van der Waals surface area contributed by atoms with Crippen LogP contribution >= 0.6 is 0 Å². The first-order valence-electron chi connectivity index (χ1n) is 6.46. The molecule has 0 heterocycles. The molecule has 2 nitrogen and oxygen atoms in total. The highest BCUT2D eigenvalue weighted by molar-refractivity contribution is 5.31. The largest absolute Gasteiger partial charge is 0.484 e. The van der Waals surface area contributed by atoms with Gasteiger partial charge in [0.25, 0.3) is 0 Å². The van der Waals surface area contributed by atoms with Crippen LogP contribution in [0.1, 0.15) is 31.2 Å². The number of alkyl halides is 3. The molecule has 0 spiro atoms. The molecule has 19 heavy (non-hydrogen) atoms. The zero-order chi connectivity index (χ0) is 14.0. The average molecular weight is 273 g/mol. The van der Waals surface area contributed by atoms with Crippen molar-refractivity contribution < 1.29 is 17.9 Å². The maximum atomic E-state index is 12.0. The number of hydrogen-bond donors (Lipinski definition) is 1. The molecule has 0 amide bonds. The van der Waals surface area contributed by atoms with Gasteiger partial charge >= 0.3 is 6.18 Å². The van der Waals surface area contributed by atoms with Gasteiger partial charge in [0.05, 0.1) is 0 Å². The van der Waals surface area contributed by atoms with Crippen LogP contribution in [0.2, 0.25) is 0 Å². The fourth-order valence-electron chi connectivity index (χ4n) is 2.69. The van der Waals surface area contributed by atoms with Crippen LogP contribution in [0.15, 0.2) is 24.3 Å². The summed E-state index contributed by atoms with van der Waals surface area (Å²) in [6, 6.07) is 7.11. The van der Waals surface area contributed by atoms with Crippen LogP contribution in [-0.4, -0.2) is 18.8 Å². The van der Waals surface area contributed by atoms with Gasteiger partial charge in [0.2, 0.25) is 0 Å². The molecule has 1 aromatic carbocycles. The standard InChI is InChI=1S/C14H18F3NO/c1-2-11-12(7-13(11)18)9-3-5-10(6-4-9)19-8-14(15,16)17/h3-6,11-13H,2,7-8,18H2,1H3. The maximum absolute atomic E-state index is 12.0. The zero-order valence-electron chi connectivity index (χ0n) is 10.8. The summed E-state index contributed by atoms with van der Waals surface area (Å²) in [5.41, 5.74) is 7.07. The first-order valence-corrected chi connectivity index (χ1v) is 6.46. The normalized spacial score (nSPS) is 26.9. The molecule has 1 aromatic rings. The Labute approximate surface area is 110 Å². The van der Waals surface area contributed by atoms with Crippen molar-refractivity contribution in [1.29, 1.82) is 0 Å². The van der Waals surface area contributed by atoms with E-state index < -0.39 is 12.8 Å². The van der Waals surface area contributed by atoms with E-state index in [1.807, 2.05) is 12.1 Å². The lowest BCUT2D eigenvalue weighted by atomic mass is 9.65. The van der Waals surface area contributed by atoms with Gasteiger partial charge in [-0.3, -0.25) is 0 Å². The lowest BCUT2D eigenvalue weighted by molar-refractivity contribution is -0.153. The van der Waals surface area contributed by atoms with Gasteiger partial charge in [-0.2, -0.15) is 13.2 Å². The van der Waals surface area contributed by atoms with Crippen molar-refractivity contribution in [1.82, 2.24) is 0 Å². The quantitative estimate of drug-likeness (QED) is 0.911. The maximum Gasteiger partial charge on any atom is 0.422 e. The van der Waals surface area contributed by atoms with Crippen molar-refractivity contribution in [3.8, 4) is 5.75 Å². The summed E-state index contributed by atoms with van der Waals surface area (Å²) in [6.07, 6.45) is -2.33. The van der Waals surface area contributed by atoms with E-state index in [0.29, 0.717) is 11.8 Å². The molecular formula is C14H18F3NO. The van der Waals surface area contributed by atoms with Crippen LogP contribution in [-0.2, 0) is 0 Å². The van der Waals surface area contributed by atoms with Gasteiger partial charge in [-0.05, 0) is 36.0 Å². The van der Waals surface area contributed by atoms with Crippen LogP contribution in [0.25, 0.3) is 0 Å². The van der Waals surface area contributed by atoms with E-state index in [0.717, 1.165) is 18.4 Å². The molecule has 1 aliphatic carbocycles. The monoisotopic (exact) mass is 273 g/mol. The Morgan fingerprint density at radius 1 is 1.26 bits per heavy atom. The Balaban J connectivity index is 1.95. The SMILES string of the molecule is CCC1C(N)CC1c1ccc(OCC(F)(F)F)cc1. The van der Waals surface area contributed by atoms with E-state index in [-0.39, 0.29) is 11.8 Å². The van der Waals surface area contributed by atoms with Crippen molar-refractivity contribution in [3.63, 3.8) is 0 Å². The minimum Gasteiger partial charge on any atom is -0.484 e. The number of benzene rings is 1. The van der Waals surface area contributed by atoms with Crippen molar-refractivity contribution in [2.75, 3.05) is 6.61 Å². The summed E-state index contributed by atoms with van der Waals surface area (Å²) in [4.78, 5) is 0. The molecule has 5 heteroatoms. The second-order valence-electron chi connectivity index (χ2n) is 5.05. The van der Waals surface area contributed by atoms with E-state index in [1.165, 1.54) is 0 Å². The number of ether oxygens (including phenoxy) is 1. The second-order valence-corrected chi connectivity index (χ2v) is 5.05. The summed E-state index contributed by atoms with van der Waals surface area (Å²) in [5, 5.41) is 0. The van der Waals surface area contributed by atoms with Crippen molar-refractivity contribution in [3.05, 3.63) is 29.8 Å². The predicted molar refractivity (Wildman–Crippen MR) is 67.1 cm³/mol. The van der Waals surface area contributed by atoms with Gasteiger partial charge in [-0.25, -0.2) is 0 Å². The molecule has 0 saturated heterocycles. The third-order valence-corrected chi connectivity index (χ3v) is 3.78. The molecule has 1 saturated carbocycles. The molecular weight excluding hydrogens is 255 g/mol. The zero-order valence-corrected chi connectivity index (χ0v) is 10.8. The van der Waals surface area contributed by atoms with Gasteiger partial charge in [0, 0.05) is 6.04 Å². The van der Waals surface area contributed by atoms with Gasteiger partial charge in [0.15, 0.2) is 6.61 Å². The van der Waals surface area contributed by atoms with Gasteiger partial charge in [-0.15, -0.1) is 0 Å². The predicted octanol–water partition coefficient (Wildman–Crippen LogP) is 3.47. The minimum atomic E-state index is -4.30. The van der Waals surface area contributed by atoms with Crippen molar-refractivity contribution in [2.45, 2.75) is 37.9 Å². The first kappa shape index (κ1) is 14.2. The minimum absolute atomic E-state index is 0.246. The van der Waals surface area contributed by atoms with Gasteiger partial charge in [0.1, 0.15) is 5.75 Å². The smallest absolute Gasteiger partial charge is 0.422 e. The Kier molecular flexibility index (Phi) is 4.04. The van der Waals surface area contributed by atoms with Crippen LogP contribution in [0.4, 0.5) is 13.2 Å². The van der Waals surface area contributed by atoms with E-state index in [9.17, 15) is 13.2 Å². The molecule has 0 aromatic heterocycles. The number of rotatable bonds is 4. The number of hydrogen-bond acceptors (Lipinski definition) is 2. The molecule has 0 radical (unpaired) electrons. The van der Waals surface area contributed by atoms with Crippen LogP contribution in [0.3, 0.4) is 0 Å². The van der Waals surface area contributed by atoms with Crippen molar-refractivity contribution >= 4 is 0 Å². The Morgan fingerprint density at radius 3 is 2.37 bits per heavy atom. The summed E-state index contributed by atoms with van der Waals surface area (Å²) in [6.45, 7) is 0.857. The molecule has 0 bridgehead atoms. The molecule has 1 fully saturated rings. The fraction of sp³-hybridized carbons (Fsp3) is 0.571. The van der Waals surface area contributed by atoms with E-state index >= 15 is 0 Å². The summed E-state index contributed by atoms with van der Waals surface area (Å²) >= 11 is 0. The van der Waals surface area contributed by atoms with Crippen molar-refractivity contribution in [2.24, 2.45) is 11.7 Å². The average Bonchev–Trinajstić information content (AvgIpc) is 2.34. The first-order chi connectivity index (χ1) is 8.90. The summed E-state index contributed by atoms with van der Waals surface area (Å²) < 4.78 is 40.7. The molecule has 2 N–H and O–H groups in total. The van der Waals surface area contributed by atoms with E-state index in [1.54, 1.807) is 12.1 Å². The highest BCUT2D eigenvalue weighted by Crippen LogP contribution is 2.43. The van der Waals surface area contributed by atoms with Gasteiger partial charge in [-0.1, -0.05) is 25.5 Å². The molecule has 3 atom stereocenters. The lowest BCUT2D eigenvalue weighted by Gasteiger charge is -2.42. The Hall–Kier alpha value is -1.23. The molecule has 106 valence electrons. The lowest BCUT2D eigenvalue weighted by Crippen LogP contribution is -2.45. The highest BCUT2D eigenvalue weighted by Gasteiger charge is 2.37. The van der Waals surface area contributed by atoms with Crippen LogP contribution in [0, 0.1) is 5.92 Å².